The number of pyridine rings is 1. The van der Waals surface area contributed by atoms with Crippen LogP contribution in [0.25, 0.3) is 11.2 Å². The topological polar surface area (TPSA) is 43.6 Å². The molecule has 0 saturated heterocycles. The molecule has 3 aromatic rings. The first-order valence-corrected chi connectivity index (χ1v) is 8.22. The minimum absolute atomic E-state index is 0.177. The molecule has 3 aromatic heterocycles. The van der Waals surface area contributed by atoms with Crippen molar-refractivity contribution in [3.63, 3.8) is 0 Å². The smallest absolute Gasteiger partial charge is 0.160 e. The quantitative estimate of drug-likeness (QED) is 0.644. The number of thiazole rings is 1. The highest BCUT2D eigenvalue weighted by Gasteiger charge is 2.17. The highest BCUT2D eigenvalue weighted by atomic mass is 79.9. The first kappa shape index (κ1) is 14.0. The molecule has 0 spiro atoms. The Bertz CT molecular complexity index is 765. The Hall–Kier alpha value is -0.980. The summed E-state index contributed by atoms with van der Waals surface area (Å²) in [5.74, 6) is 0.820. The van der Waals surface area contributed by atoms with Crippen LogP contribution in [0.2, 0.25) is 0 Å². The summed E-state index contributed by atoms with van der Waals surface area (Å²) in [6, 6.07) is 1.95. The van der Waals surface area contributed by atoms with Crippen LogP contribution in [-0.2, 0) is 6.54 Å². The number of rotatable bonds is 3. The van der Waals surface area contributed by atoms with E-state index in [1.807, 2.05) is 29.9 Å². The van der Waals surface area contributed by atoms with Crippen molar-refractivity contribution < 1.29 is 0 Å². The summed E-state index contributed by atoms with van der Waals surface area (Å²) in [6.07, 6.45) is 1.77. The number of aryl methyl sites for hydroxylation is 1. The Morgan fingerprint density at radius 2 is 2.25 bits per heavy atom. The number of halogens is 2. The summed E-state index contributed by atoms with van der Waals surface area (Å²) in [7, 11) is 0. The Balaban J connectivity index is 2.13. The van der Waals surface area contributed by atoms with Crippen LogP contribution in [0.4, 0.5) is 0 Å². The van der Waals surface area contributed by atoms with Gasteiger partial charge in [-0.1, -0.05) is 0 Å². The second-order valence-corrected chi connectivity index (χ2v) is 7.06. The van der Waals surface area contributed by atoms with Crippen LogP contribution < -0.4 is 0 Å². The van der Waals surface area contributed by atoms with Gasteiger partial charge in [-0.25, -0.2) is 15.0 Å². The fourth-order valence-corrected chi connectivity index (χ4v) is 3.32. The van der Waals surface area contributed by atoms with E-state index in [0.29, 0.717) is 6.54 Å². The van der Waals surface area contributed by atoms with Gasteiger partial charge in [-0.3, -0.25) is 0 Å². The first-order valence-electron chi connectivity index (χ1n) is 6.11. The van der Waals surface area contributed by atoms with Gasteiger partial charge in [-0.05, 0) is 35.8 Å². The van der Waals surface area contributed by atoms with Gasteiger partial charge < -0.3 is 4.57 Å². The van der Waals surface area contributed by atoms with Crippen molar-refractivity contribution in [1.82, 2.24) is 19.5 Å². The Morgan fingerprint density at radius 3 is 2.90 bits per heavy atom. The van der Waals surface area contributed by atoms with Gasteiger partial charge in [0.15, 0.2) is 5.65 Å². The van der Waals surface area contributed by atoms with Gasteiger partial charge in [0, 0.05) is 21.7 Å². The van der Waals surface area contributed by atoms with Crippen LogP contribution in [0.5, 0.6) is 0 Å². The summed E-state index contributed by atoms with van der Waals surface area (Å²) in [5, 5.41) is 2.90. The van der Waals surface area contributed by atoms with E-state index >= 15 is 0 Å². The van der Waals surface area contributed by atoms with Crippen molar-refractivity contribution in [2.75, 3.05) is 0 Å². The lowest BCUT2D eigenvalue weighted by molar-refractivity contribution is 0.731. The van der Waals surface area contributed by atoms with Crippen molar-refractivity contribution >= 4 is 50.0 Å². The lowest BCUT2D eigenvalue weighted by atomic mass is 10.4. The number of hydrogen-bond acceptors (Lipinski definition) is 4. The zero-order valence-electron chi connectivity index (χ0n) is 11.0. The fourth-order valence-electron chi connectivity index (χ4n) is 2.07. The maximum Gasteiger partial charge on any atom is 0.160 e. The molecule has 0 radical (unpaired) electrons. The number of hydrogen-bond donors (Lipinski definition) is 0. The van der Waals surface area contributed by atoms with Crippen LogP contribution >= 0.6 is 38.9 Å². The van der Waals surface area contributed by atoms with E-state index in [2.05, 4.69) is 30.9 Å². The minimum Gasteiger partial charge on any atom is -0.305 e. The molecule has 0 aliphatic carbocycles. The maximum absolute atomic E-state index is 6.25. The minimum atomic E-state index is -0.177. The van der Waals surface area contributed by atoms with Gasteiger partial charge >= 0.3 is 0 Å². The molecule has 4 nitrogen and oxygen atoms in total. The number of alkyl halides is 1. The molecule has 0 aliphatic heterocycles. The molecule has 20 heavy (non-hydrogen) atoms. The summed E-state index contributed by atoms with van der Waals surface area (Å²) in [5.41, 5.74) is 2.71. The summed E-state index contributed by atoms with van der Waals surface area (Å²) < 4.78 is 2.95. The fraction of sp³-hybridized carbons (Fsp3) is 0.308. The molecule has 104 valence electrons. The number of nitrogens with zero attached hydrogens (tertiary/aromatic N) is 4. The van der Waals surface area contributed by atoms with Gasteiger partial charge in [-0.15, -0.1) is 22.9 Å². The highest BCUT2D eigenvalue weighted by Crippen LogP contribution is 2.26. The van der Waals surface area contributed by atoms with Gasteiger partial charge in [0.25, 0.3) is 0 Å². The normalized spacial score (nSPS) is 13.0. The average molecular weight is 372 g/mol. The molecule has 0 bridgehead atoms. The molecule has 0 aliphatic rings. The second-order valence-electron chi connectivity index (χ2n) is 4.55. The monoisotopic (exact) mass is 370 g/mol. The number of imidazole rings is 1. The number of fused-ring (bicyclic) bond motifs is 1. The van der Waals surface area contributed by atoms with E-state index < -0.39 is 0 Å². The molecular formula is C13H12BrClN4S. The van der Waals surface area contributed by atoms with Crippen LogP contribution in [-0.4, -0.2) is 19.5 Å². The van der Waals surface area contributed by atoms with E-state index in [9.17, 15) is 0 Å². The molecule has 0 saturated carbocycles. The standard InChI is InChI=1S/C13H12BrClN4S/c1-7-6-20-11(17-7)5-19-12(8(2)15)18-10-3-9(14)4-16-13(10)19/h3-4,6,8H,5H2,1-2H3. The molecule has 3 heterocycles. The van der Waals surface area contributed by atoms with Crippen LogP contribution in [0.15, 0.2) is 22.1 Å². The van der Waals surface area contributed by atoms with Crippen molar-refractivity contribution in [2.24, 2.45) is 0 Å². The van der Waals surface area contributed by atoms with E-state index in [1.54, 1.807) is 17.5 Å². The Labute approximate surface area is 134 Å². The van der Waals surface area contributed by atoms with Crippen LogP contribution in [0, 0.1) is 6.92 Å². The molecule has 0 amide bonds. The molecule has 0 fully saturated rings. The lowest BCUT2D eigenvalue weighted by Crippen LogP contribution is -2.06. The first-order chi connectivity index (χ1) is 9.54. The Morgan fingerprint density at radius 1 is 1.45 bits per heavy atom. The van der Waals surface area contributed by atoms with Crippen molar-refractivity contribution in [1.29, 1.82) is 0 Å². The van der Waals surface area contributed by atoms with Crippen LogP contribution in [0.1, 0.15) is 28.8 Å². The summed E-state index contributed by atoms with van der Waals surface area (Å²) in [6.45, 7) is 4.56. The molecule has 0 aromatic carbocycles. The van der Waals surface area contributed by atoms with E-state index in [0.717, 1.165) is 32.2 Å². The summed E-state index contributed by atoms with van der Waals surface area (Å²) in [4.78, 5) is 13.6. The van der Waals surface area contributed by atoms with E-state index in [1.165, 1.54) is 0 Å². The van der Waals surface area contributed by atoms with Crippen molar-refractivity contribution in [3.05, 3.63) is 38.6 Å². The highest BCUT2D eigenvalue weighted by molar-refractivity contribution is 9.10. The maximum atomic E-state index is 6.25. The SMILES string of the molecule is Cc1csc(Cn2c(C(C)Cl)nc3cc(Br)cnc32)n1. The van der Waals surface area contributed by atoms with E-state index in [-0.39, 0.29) is 5.38 Å². The van der Waals surface area contributed by atoms with Gasteiger partial charge in [-0.2, -0.15) is 0 Å². The van der Waals surface area contributed by atoms with Gasteiger partial charge in [0.2, 0.25) is 0 Å². The molecule has 0 N–H and O–H groups in total. The Kier molecular flexibility index (Phi) is 3.79. The molecule has 7 heteroatoms. The predicted molar refractivity (Wildman–Crippen MR) is 85.4 cm³/mol. The predicted octanol–water partition coefficient (Wildman–Crippen LogP) is 4.31. The average Bonchev–Trinajstić information content (AvgIpc) is 2.94. The van der Waals surface area contributed by atoms with E-state index in [4.69, 9.17) is 11.6 Å². The van der Waals surface area contributed by atoms with Crippen LogP contribution in [0.3, 0.4) is 0 Å². The largest absolute Gasteiger partial charge is 0.305 e. The third-order valence-corrected chi connectivity index (χ3v) is 4.48. The zero-order valence-corrected chi connectivity index (χ0v) is 14.1. The third kappa shape index (κ3) is 2.60. The zero-order chi connectivity index (χ0) is 14.3. The lowest BCUT2D eigenvalue weighted by Gasteiger charge is -2.07. The van der Waals surface area contributed by atoms with Gasteiger partial charge in [0.1, 0.15) is 16.3 Å². The molecule has 1 atom stereocenters. The van der Waals surface area contributed by atoms with Gasteiger partial charge in [0.05, 0.1) is 11.9 Å². The molecule has 1 unspecified atom stereocenters. The summed E-state index contributed by atoms with van der Waals surface area (Å²) >= 11 is 11.3. The third-order valence-electron chi connectivity index (χ3n) is 2.90. The number of aromatic nitrogens is 4. The van der Waals surface area contributed by atoms with Crippen molar-refractivity contribution in [3.8, 4) is 0 Å². The molecule has 3 rings (SSSR count). The second kappa shape index (κ2) is 5.42. The van der Waals surface area contributed by atoms with Crippen molar-refractivity contribution in [2.45, 2.75) is 25.8 Å². The molecular weight excluding hydrogens is 360 g/mol.